The summed E-state index contributed by atoms with van der Waals surface area (Å²) in [4.78, 5) is 4.13. The van der Waals surface area contributed by atoms with Gasteiger partial charge in [0.2, 0.25) is 0 Å². The number of para-hydroxylation sites is 1. The lowest BCUT2D eigenvalue weighted by molar-refractivity contribution is 1.09. The summed E-state index contributed by atoms with van der Waals surface area (Å²) in [6.45, 7) is 0.727. The van der Waals surface area contributed by atoms with Gasteiger partial charge in [-0.25, -0.2) is 0 Å². The molecule has 0 aliphatic rings. The molecule has 1 aromatic carbocycles. The third-order valence-corrected chi connectivity index (χ3v) is 2.92. The van der Waals surface area contributed by atoms with Crippen LogP contribution in [0.2, 0.25) is 0 Å². The molecule has 4 heteroatoms. The molecule has 2 heterocycles. The summed E-state index contributed by atoms with van der Waals surface area (Å²) in [5.41, 5.74) is 4.28. The summed E-state index contributed by atoms with van der Waals surface area (Å²) < 4.78 is 0. The summed E-state index contributed by atoms with van der Waals surface area (Å²) >= 11 is 0. The normalized spacial score (nSPS) is 10.3. The molecule has 19 heavy (non-hydrogen) atoms. The lowest BCUT2D eigenvalue weighted by Gasteiger charge is -2.06. The van der Waals surface area contributed by atoms with Crippen molar-refractivity contribution in [3.05, 3.63) is 66.6 Å². The van der Waals surface area contributed by atoms with Crippen LogP contribution >= 0.6 is 0 Å². The number of nitrogens with one attached hydrogen (secondary N) is 2. The number of aromatic nitrogens is 3. The van der Waals surface area contributed by atoms with Crippen LogP contribution in [-0.4, -0.2) is 15.2 Å². The maximum atomic E-state index is 4.13. The van der Waals surface area contributed by atoms with E-state index >= 15 is 0 Å². The Kier molecular flexibility index (Phi) is 3.23. The van der Waals surface area contributed by atoms with Gasteiger partial charge in [-0.1, -0.05) is 18.2 Å². The average molecular weight is 250 g/mol. The Morgan fingerprint density at radius 1 is 1.00 bits per heavy atom. The minimum absolute atomic E-state index is 0.727. The second-order valence-electron chi connectivity index (χ2n) is 4.23. The third kappa shape index (κ3) is 2.63. The number of aromatic amines is 1. The molecule has 0 aliphatic carbocycles. The second-order valence-corrected chi connectivity index (χ2v) is 4.23. The molecule has 0 spiro atoms. The first-order valence-corrected chi connectivity index (χ1v) is 6.15. The molecule has 0 atom stereocenters. The predicted molar refractivity (Wildman–Crippen MR) is 75.6 cm³/mol. The highest BCUT2D eigenvalue weighted by Crippen LogP contribution is 2.20. The van der Waals surface area contributed by atoms with Gasteiger partial charge in [-0.15, -0.1) is 0 Å². The Morgan fingerprint density at radius 3 is 2.68 bits per heavy atom. The van der Waals surface area contributed by atoms with Gasteiger partial charge in [0, 0.05) is 35.8 Å². The molecule has 2 aromatic heterocycles. The van der Waals surface area contributed by atoms with Crippen molar-refractivity contribution in [1.29, 1.82) is 0 Å². The first kappa shape index (κ1) is 11.5. The zero-order valence-electron chi connectivity index (χ0n) is 10.4. The maximum absolute atomic E-state index is 4.13. The molecule has 0 radical (unpaired) electrons. The van der Waals surface area contributed by atoms with Crippen molar-refractivity contribution in [2.75, 3.05) is 5.32 Å². The van der Waals surface area contributed by atoms with Crippen LogP contribution in [-0.2, 0) is 6.54 Å². The van der Waals surface area contributed by atoms with Gasteiger partial charge in [-0.05, 0) is 24.3 Å². The van der Waals surface area contributed by atoms with E-state index < -0.39 is 0 Å². The molecule has 0 fully saturated rings. The van der Waals surface area contributed by atoms with E-state index in [9.17, 15) is 0 Å². The molecule has 4 nitrogen and oxygen atoms in total. The fraction of sp³-hybridized carbons (Fsp3) is 0.0667. The average Bonchev–Trinajstić information content (AvgIpc) is 2.95. The molecule has 94 valence electrons. The van der Waals surface area contributed by atoms with Gasteiger partial charge in [-0.3, -0.25) is 10.1 Å². The smallest absolute Gasteiger partial charge is 0.0715 e. The van der Waals surface area contributed by atoms with Gasteiger partial charge in [-0.2, -0.15) is 5.10 Å². The van der Waals surface area contributed by atoms with Crippen molar-refractivity contribution in [2.24, 2.45) is 0 Å². The van der Waals surface area contributed by atoms with Gasteiger partial charge in [0.25, 0.3) is 0 Å². The van der Waals surface area contributed by atoms with E-state index in [1.165, 1.54) is 0 Å². The van der Waals surface area contributed by atoms with E-state index in [1.54, 1.807) is 6.20 Å². The van der Waals surface area contributed by atoms with E-state index in [0.717, 1.165) is 29.1 Å². The highest BCUT2D eigenvalue weighted by atomic mass is 15.1. The molecule has 0 unspecified atom stereocenters. The Hall–Kier alpha value is -2.62. The van der Waals surface area contributed by atoms with Crippen LogP contribution in [0.5, 0.6) is 0 Å². The third-order valence-electron chi connectivity index (χ3n) is 2.92. The number of benzene rings is 1. The van der Waals surface area contributed by atoms with Gasteiger partial charge >= 0.3 is 0 Å². The molecule has 3 aromatic rings. The highest BCUT2D eigenvalue weighted by Gasteiger charge is 2.07. The van der Waals surface area contributed by atoms with E-state index in [1.807, 2.05) is 54.9 Å². The number of pyridine rings is 1. The minimum Gasteiger partial charge on any atom is -0.381 e. The van der Waals surface area contributed by atoms with Crippen molar-refractivity contribution >= 4 is 5.69 Å². The largest absolute Gasteiger partial charge is 0.381 e. The molecule has 0 saturated carbocycles. The second kappa shape index (κ2) is 5.35. The zero-order valence-corrected chi connectivity index (χ0v) is 10.4. The molecule has 0 bridgehead atoms. The summed E-state index contributed by atoms with van der Waals surface area (Å²) in [6, 6.07) is 14.1. The number of rotatable bonds is 4. The Balaban J connectivity index is 1.78. The summed E-state index contributed by atoms with van der Waals surface area (Å²) in [5, 5.41) is 10.5. The Morgan fingerprint density at radius 2 is 1.89 bits per heavy atom. The van der Waals surface area contributed by atoms with Crippen LogP contribution in [0.15, 0.2) is 61.1 Å². The van der Waals surface area contributed by atoms with Crippen LogP contribution in [0.25, 0.3) is 11.3 Å². The quantitative estimate of drug-likeness (QED) is 0.748. The van der Waals surface area contributed by atoms with Gasteiger partial charge < -0.3 is 5.32 Å². The minimum atomic E-state index is 0.727. The van der Waals surface area contributed by atoms with Crippen molar-refractivity contribution in [3.63, 3.8) is 0 Å². The molecule has 0 amide bonds. The molecular formula is C15H14N4. The first-order chi connectivity index (χ1) is 9.43. The Bertz CT molecular complexity index is 632. The topological polar surface area (TPSA) is 53.6 Å². The summed E-state index contributed by atoms with van der Waals surface area (Å²) in [5.74, 6) is 0. The van der Waals surface area contributed by atoms with Crippen molar-refractivity contribution in [1.82, 2.24) is 15.2 Å². The number of hydrogen-bond acceptors (Lipinski definition) is 3. The lowest BCUT2D eigenvalue weighted by atomic mass is 10.1. The maximum Gasteiger partial charge on any atom is 0.0715 e. The highest BCUT2D eigenvalue weighted by molar-refractivity contribution is 5.62. The van der Waals surface area contributed by atoms with Crippen molar-refractivity contribution in [3.8, 4) is 11.3 Å². The molecule has 0 saturated heterocycles. The standard InChI is InChI=1S/C15H14N4/c1-2-6-14(7-3-1)17-10-13-11-18-19-15(13)12-5-4-8-16-9-12/h1-9,11,17H,10H2,(H,18,19). The molecular weight excluding hydrogens is 236 g/mol. The van der Waals surface area contributed by atoms with Gasteiger partial charge in [0.1, 0.15) is 0 Å². The lowest BCUT2D eigenvalue weighted by Crippen LogP contribution is -1.99. The fourth-order valence-electron chi connectivity index (χ4n) is 1.96. The predicted octanol–water partition coefficient (Wildman–Crippen LogP) is 3.08. The van der Waals surface area contributed by atoms with Crippen LogP contribution in [0, 0.1) is 0 Å². The Labute approximate surface area is 111 Å². The van der Waals surface area contributed by atoms with Crippen molar-refractivity contribution < 1.29 is 0 Å². The molecule has 3 rings (SSSR count). The van der Waals surface area contributed by atoms with E-state index in [4.69, 9.17) is 0 Å². The fourth-order valence-corrected chi connectivity index (χ4v) is 1.96. The van der Waals surface area contributed by atoms with Crippen LogP contribution < -0.4 is 5.32 Å². The van der Waals surface area contributed by atoms with Crippen LogP contribution in [0.1, 0.15) is 5.56 Å². The van der Waals surface area contributed by atoms with Crippen LogP contribution in [0.4, 0.5) is 5.69 Å². The van der Waals surface area contributed by atoms with E-state index in [0.29, 0.717) is 0 Å². The van der Waals surface area contributed by atoms with Gasteiger partial charge in [0.15, 0.2) is 0 Å². The number of hydrogen-bond donors (Lipinski definition) is 2. The number of H-pyrrole nitrogens is 1. The summed E-state index contributed by atoms with van der Waals surface area (Å²) in [7, 11) is 0. The number of nitrogens with zero attached hydrogens (tertiary/aromatic N) is 2. The first-order valence-electron chi connectivity index (χ1n) is 6.15. The zero-order chi connectivity index (χ0) is 12.9. The monoisotopic (exact) mass is 250 g/mol. The van der Waals surface area contributed by atoms with E-state index in [-0.39, 0.29) is 0 Å². The van der Waals surface area contributed by atoms with Crippen LogP contribution in [0.3, 0.4) is 0 Å². The molecule has 2 N–H and O–H groups in total. The molecule has 0 aliphatic heterocycles. The van der Waals surface area contributed by atoms with Gasteiger partial charge in [0.05, 0.1) is 11.9 Å². The summed E-state index contributed by atoms with van der Waals surface area (Å²) in [6.07, 6.45) is 5.44. The number of anilines is 1. The SMILES string of the molecule is c1ccc(NCc2cn[nH]c2-c2cccnc2)cc1. The van der Waals surface area contributed by atoms with E-state index in [2.05, 4.69) is 20.5 Å². The van der Waals surface area contributed by atoms with Crippen molar-refractivity contribution in [2.45, 2.75) is 6.54 Å².